The lowest BCUT2D eigenvalue weighted by molar-refractivity contribution is 0.187. The van der Waals surface area contributed by atoms with Crippen LogP contribution in [-0.4, -0.2) is 13.0 Å². The molecule has 0 radical (unpaired) electrons. The van der Waals surface area contributed by atoms with E-state index in [4.69, 9.17) is 16.3 Å². The zero-order valence-corrected chi connectivity index (χ0v) is 8.34. The maximum atomic E-state index is 5.42. The van der Waals surface area contributed by atoms with Crippen LogP contribution in [0.1, 0.15) is 10.4 Å². The lowest BCUT2D eigenvalue weighted by Crippen LogP contribution is -1.80. The first-order valence-electron chi connectivity index (χ1n) is 3.48. The molecule has 0 aliphatic heterocycles. The van der Waals surface area contributed by atoms with E-state index in [2.05, 4.69) is 11.8 Å². The van der Waals surface area contributed by atoms with Crippen LogP contribution in [0.25, 0.3) is 0 Å². The monoisotopic (exact) mass is 200 g/mol. The minimum Gasteiger partial charge on any atom is -0.379 e. The Morgan fingerprint density at radius 1 is 1.67 bits per heavy atom. The van der Waals surface area contributed by atoms with Gasteiger partial charge in [-0.2, -0.15) is 0 Å². The highest BCUT2D eigenvalue weighted by atomic mass is 35.5. The summed E-state index contributed by atoms with van der Waals surface area (Å²) in [6.07, 6.45) is 0. The Labute approximate surface area is 81.3 Å². The summed E-state index contributed by atoms with van der Waals surface area (Å²) in [5.41, 5.74) is 1.02. The van der Waals surface area contributed by atoms with Crippen molar-refractivity contribution in [2.45, 2.75) is 6.61 Å². The number of thiophene rings is 1. The Morgan fingerprint density at radius 3 is 3.17 bits per heavy atom. The van der Waals surface area contributed by atoms with Crippen molar-refractivity contribution in [1.82, 2.24) is 0 Å². The molecule has 64 valence electrons. The molecule has 0 N–H and O–H groups in total. The number of rotatable bonds is 2. The van der Waals surface area contributed by atoms with Gasteiger partial charge in [-0.1, -0.05) is 11.8 Å². The molecule has 12 heavy (non-hydrogen) atoms. The molecule has 3 heteroatoms. The maximum absolute atomic E-state index is 5.42. The van der Waals surface area contributed by atoms with Crippen molar-refractivity contribution in [1.29, 1.82) is 0 Å². The van der Waals surface area contributed by atoms with Gasteiger partial charge in [0.25, 0.3) is 0 Å². The molecule has 0 spiro atoms. The van der Waals surface area contributed by atoms with Crippen LogP contribution in [0.3, 0.4) is 0 Å². The van der Waals surface area contributed by atoms with Crippen molar-refractivity contribution in [3.05, 3.63) is 21.9 Å². The molecule has 0 atom stereocenters. The van der Waals surface area contributed by atoms with Crippen molar-refractivity contribution >= 4 is 22.9 Å². The highest BCUT2D eigenvalue weighted by Gasteiger charge is 1.95. The SMILES string of the molecule is COCc1cc(C#CCCl)cs1. The molecule has 0 bridgehead atoms. The van der Waals surface area contributed by atoms with Gasteiger partial charge in [0, 0.05) is 22.9 Å². The first-order chi connectivity index (χ1) is 5.86. The largest absolute Gasteiger partial charge is 0.379 e. The van der Waals surface area contributed by atoms with Gasteiger partial charge in [0.1, 0.15) is 0 Å². The molecule has 0 fully saturated rings. The molecular formula is C9H9ClOS. The van der Waals surface area contributed by atoms with Gasteiger partial charge in [0.15, 0.2) is 0 Å². The van der Waals surface area contributed by atoms with Gasteiger partial charge in [-0.3, -0.25) is 0 Å². The zero-order valence-electron chi connectivity index (χ0n) is 6.76. The molecule has 0 saturated carbocycles. The molecule has 1 aromatic rings. The number of hydrogen-bond acceptors (Lipinski definition) is 2. The van der Waals surface area contributed by atoms with E-state index in [1.807, 2.05) is 11.4 Å². The predicted octanol–water partition coefficient (Wildman–Crippen LogP) is 2.48. The van der Waals surface area contributed by atoms with Gasteiger partial charge in [-0.15, -0.1) is 22.9 Å². The van der Waals surface area contributed by atoms with E-state index in [-0.39, 0.29) is 0 Å². The Morgan fingerprint density at radius 2 is 2.50 bits per heavy atom. The van der Waals surface area contributed by atoms with Crippen LogP contribution >= 0.6 is 22.9 Å². The molecule has 1 heterocycles. The third kappa shape index (κ3) is 2.86. The van der Waals surface area contributed by atoms with Gasteiger partial charge in [0.05, 0.1) is 12.5 Å². The third-order valence-electron chi connectivity index (χ3n) is 1.24. The summed E-state index contributed by atoms with van der Waals surface area (Å²) in [4.78, 5) is 1.19. The summed E-state index contributed by atoms with van der Waals surface area (Å²) in [5.74, 6) is 6.13. The van der Waals surface area contributed by atoms with E-state index in [0.29, 0.717) is 12.5 Å². The molecule has 0 aliphatic rings. The minimum absolute atomic E-state index is 0.384. The summed E-state index contributed by atoms with van der Waals surface area (Å²) in [7, 11) is 1.68. The molecule has 0 unspecified atom stereocenters. The normalized spacial score (nSPS) is 9.17. The third-order valence-corrected chi connectivity index (χ3v) is 2.28. The molecule has 1 rings (SSSR count). The molecular weight excluding hydrogens is 192 g/mol. The zero-order chi connectivity index (χ0) is 8.81. The summed E-state index contributed by atoms with van der Waals surface area (Å²) in [6, 6.07) is 2.02. The molecule has 0 saturated heterocycles. The summed E-state index contributed by atoms with van der Waals surface area (Å²) in [6.45, 7) is 0.660. The van der Waals surface area contributed by atoms with E-state index in [0.717, 1.165) is 5.56 Å². The van der Waals surface area contributed by atoms with E-state index >= 15 is 0 Å². The average Bonchev–Trinajstić information content (AvgIpc) is 2.50. The number of ether oxygens (including phenoxy) is 1. The van der Waals surface area contributed by atoms with E-state index in [1.165, 1.54) is 4.88 Å². The van der Waals surface area contributed by atoms with Crippen molar-refractivity contribution < 1.29 is 4.74 Å². The van der Waals surface area contributed by atoms with Crippen LogP contribution in [0.2, 0.25) is 0 Å². The molecule has 1 nitrogen and oxygen atoms in total. The fourth-order valence-corrected chi connectivity index (χ4v) is 1.65. The Kier molecular flexibility index (Phi) is 4.16. The van der Waals surface area contributed by atoms with Gasteiger partial charge in [-0.25, -0.2) is 0 Å². The minimum atomic E-state index is 0.384. The van der Waals surface area contributed by atoms with Gasteiger partial charge in [-0.05, 0) is 6.07 Å². The van der Waals surface area contributed by atoms with Crippen LogP contribution in [0, 0.1) is 11.8 Å². The summed E-state index contributed by atoms with van der Waals surface area (Å²) in [5, 5.41) is 2.01. The quantitative estimate of drug-likeness (QED) is 0.527. The number of methoxy groups -OCH3 is 1. The van der Waals surface area contributed by atoms with E-state index < -0.39 is 0 Å². The number of halogens is 1. The molecule has 0 amide bonds. The van der Waals surface area contributed by atoms with Crippen molar-refractivity contribution in [2.75, 3.05) is 13.0 Å². The number of alkyl halides is 1. The van der Waals surface area contributed by atoms with Crippen LogP contribution in [0.5, 0.6) is 0 Å². The fraction of sp³-hybridized carbons (Fsp3) is 0.333. The smallest absolute Gasteiger partial charge is 0.0839 e. The Hall–Kier alpha value is -0.490. The lowest BCUT2D eigenvalue weighted by atomic mass is 10.3. The van der Waals surface area contributed by atoms with Gasteiger partial charge in [0.2, 0.25) is 0 Å². The lowest BCUT2D eigenvalue weighted by Gasteiger charge is -1.89. The average molecular weight is 201 g/mol. The van der Waals surface area contributed by atoms with Gasteiger partial charge < -0.3 is 4.74 Å². The first kappa shape index (κ1) is 9.60. The standard InChI is InChI=1S/C9H9ClOS/c1-11-6-9-5-8(7-12-9)3-2-4-10/h5,7H,4,6H2,1H3. The van der Waals surface area contributed by atoms with Crippen LogP contribution in [-0.2, 0) is 11.3 Å². The van der Waals surface area contributed by atoms with Crippen LogP contribution in [0.15, 0.2) is 11.4 Å². The highest BCUT2D eigenvalue weighted by Crippen LogP contribution is 2.14. The Balaban J connectivity index is 2.64. The van der Waals surface area contributed by atoms with Crippen molar-refractivity contribution in [3.63, 3.8) is 0 Å². The maximum Gasteiger partial charge on any atom is 0.0839 e. The molecule has 0 aliphatic carbocycles. The molecule has 0 aromatic carbocycles. The van der Waals surface area contributed by atoms with Crippen molar-refractivity contribution in [3.8, 4) is 11.8 Å². The molecule has 1 aromatic heterocycles. The topological polar surface area (TPSA) is 9.23 Å². The summed E-state index contributed by atoms with van der Waals surface area (Å²) < 4.78 is 4.98. The fourth-order valence-electron chi connectivity index (χ4n) is 0.800. The number of hydrogen-bond donors (Lipinski definition) is 0. The second kappa shape index (κ2) is 5.21. The second-order valence-electron chi connectivity index (χ2n) is 2.17. The summed E-state index contributed by atoms with van der Waals surface area (Å²) >= 11 is 7.08. The van der Waals surface area contributed by atoms with E-state index in [9.17, 15) is 0 Å². The van der Waals surface area contributed by atoms with Crippen molar-refractivity contribution in [2.24, 2.45) is 0 Å². The Bertz CT molecular complexity index is 295. The first-order valence-corrected chi connectivity index (χ1v) is 4.89. The van der Waals surface area contributed by atoms with E-state index in [1.54, 1.807) is 18.4 Å². The van der Waals surface area contributed by atoms with Gasteiger partial charge >= 0.3 is 0 Å². The van der Waals surface area contributed by atoms with Crippen LogP contribution < -0.4 is 0 Å². The van der Waals surface area contributed by atoms with Crippen LogP contribution in [0.4, 0.5) is 0 Å². The predicted molar refractivity (Wildman–Crippen MR) is 52.6 cm³/mol. The highest BCUT2D eigenvalue weighted by molar-refractivity contribution is 7.10. The second-order valence-corrected chi connectivity index (χ2v) is 3.43.